The van der Waals surface area contributed by atoms with Crippen LogP contribution in [0.1, 0.15) is 62.0 Å². The maximum Gasteiger partial charge on any atom is 0.249 e. The molecular formula is C23H35N3O5. The molecule has 0 radical (unpaired) electrons. The van der Waals surface area contributed by atoms with Crippen LogP contribution in [0.15, 0.2) is 4.52 Å². The van der Waals surface area contributed by atoms with Crippen molar-refractivity contribution in [1.29, 1.82) is 0 Å². The Morgan fingerprint density at radius 1 is 1.03 bits per heavy atom. The third-order valence-corrected chi connectivity index (χ3v) is 7.20. The van der Waals surface area contributed by atoms with Crippen LogP contribution in [0.5, 0.6) is 0 Å². The Bertz CT molecular complexity index is 753. The van der Waals surface area contributed by atoms with E-state index < -0.39 is 0 Å². The molecule has 3 fully saturated rings. The van der Waals surface area contributed by atoms with E-state index in [1.807, 2.05) is 23.6 Å². The summed E-state index contributed by atoms with van der Waals surface area (Å²) in [5.41, 5.74) is 1.93. The number of carbonyl (C=O) groups excluding carboxylic acids is 2. The average molecular weight is 434 g/mol. The summed E-state index contributed by atoms with van der Waals surface area (Å²) in [6.07, 6.45) is 7.34. The van der Waals surface area contributed by atoms with Crippen molar-refractivity contribution in [3.05, 3.63) is 17.0 Å². The molecule has 8 nitrogen and oxygen atoms in total. The number of ether oxygens (including phenoxy) is 2. The standard InChI is InChI=1S/C23H35N3O5/c1-15-21(16(2)31-24-15)6-7-22(27)25-10-8-19(9-11-25)30-20-12-17-4-5-18(13-20)26(17)23(28)14-29-3/h17-20H,4-14H2,1-3H3/t17-,18+,20?. The zero-order valence-electron chi connectivity index (χ0n) is 19.0. The van der Waals surface area contributed by atoms with E-state index in [1.54, 1.807) is 7.11 Å². The highest BCUT2D eigenvalue weighted by Gasteiger charge is 2.44. The average Bonchev–Trinajstić information content (AvgIpc) is 3.22. The lowest BCUT2D eigenvalue weighted by molar-refractivity contribution is -0.145. The lowest BCUT2D eigenvalue weighted by Crippen LogP contribution is -2.51. The van der Waals surface area contributed by atoms with Crippen LogP contribution in [-0.4, -0.2) is 77.9 Å². The first kappa shape index (κ1) is 22.3. The number of rotatable bonds is 7. The second-order valence-electron chi connectivity index (χ2n) is 9.23. The number of nitrogens with zero attached hydrogens (tertiary/aromatic N) is 3. The van der Waals surface area contributed by atoms with E-state index in [0.717, 1.165) is 68.6 Å². The minimum absolute atomic E-state index is 0.108. The van der Waals surface area contributed by atoms with Crippen molar-refractivity contribution in [1.82, 2.24) is 15.0 Å². The molecule has 2 amide bonds. The van der Waals surface area contributed by atoms with Gasteiger partial charge in [-0.2, -0.15) is 0 Å². The Labute approximate surface area is 184 Å². The Morgan fingerprint density at radius 3 is 2.29 bits per heavy atom. The van der Waals surface area contributed by atoms with Crippen LogP contribution < -0.4 is 0 Å². The van der Waals surface area contributed by atoms with E-state index >= 15 is 0 Å². The first-order valence-corrected chi connectivity index (χ1v) is 11.6. The van der Waals surface area contributed by atoms with Crippen LogP contribution in [-0.2, 0) is 25.5 Å². The normalized spacial score (nSPS) is 26.5. The molecule has 3 aliphatic heterocycles. The van der Waals surface area contributed by atoms with Gasteiger partial charge >= 0.3 is 0 Å². The van der Waals surface area contributed by atoms with Gasteiger partial charge in [-0.05, 0) is 58.8 Å². The first-order valence-electron chi connectivity index (χ1n) is 11.6. The number of carbonyl (C=O) groups is 2. The van der Waals surface area contributed by atoms with Crippen molar-refractivity contribution < 1.29 is 23.6 Å². The highest BCUT2D eigenvalue weighted by atomic mass is 16.5. The van der Waals surface area contributed by atoms with Crippen molar-refractivity contribution >= 4 is 11.8 Å². The van der Waals surface area contributed by atoms with Crippen molar-refractivity contribution in [3.63, 3.8) is 0 Å². The van der Waals surface area contributed by atoms with Gasteiger partial charge in [-0.25, -0.2) is 0 Å². The molecule has 3 aliphatic rings. The molecule has 0 aromatic carbocycles. The SMILES string of the molecule is COCC(=O)N1[C@@H]2CC[C@H]1CC(OC1CCN(C(=O)CCc3c(C)noc3C)CC1)C2. The zero-order valence-corrected chi connectivity index (χ0v) is 19.0. The van der Waals surface area contributed by atoms with E-state index in [2.05, 4.69) is 5.16 Å². The fraction of sp³-hybridized carbons (Fsp3) is 0.783. The van der Waals surface area contributed by atoms with E-state index in [9.17, 15) is 9.59 Å². The van der Waals surface area contributed by atoms with Crippen LogP contribution in [0.4, 0.5) is 0 Å². The summed E-state index contributed by atoms with van der Waals surface area (Å²) in [6.45, 7) is 5.49. The lowest BCUT2D eigenvalue weighted by Gasteiger charge is -2.41. The molecule has 1 aromatic heterocycles. The summed E-state index contributed by atoms with van der Waals surface area (Å²) < 4.78 is 16.7. The van der Waals surface area contributed by atoms with Gasteiger partial charge in [0, 0.05) is 44.3 Å². The van der Waals surface area contributed by atoms with Crippen molar-refractivity contribution in [2.24, 2.45) is 0 Å². The molecule has 31 heavy (non-hydrogen) atoms. The third-order valence-electron chi connectivity index (χ3n) is 7.20. The number of aromatic nitrogens is 1. The maximum absolute atomic E-state index is 12.6. The largest absolute Gasteiger partial charge is 0.375 e. The number of likely N-dealkylation sites (tertiary alicyclic amines) is 1. The molecule has 3 saturated heterocycles. The van der Waals surface area contributed by atoms with Crippen molar-refractivity contribution in [2.75, 3.05) is 26.8 Å². The molecule has 8 heteroatoms. The lowest BCUT2D eigenvalue weighted by atomic mass is 9.98. The summed E-state index contributed by atoms with van der Waals surface area (Å²) in [5.74, 6) is 1.11. The van der Waals surface area contributed by atoms with Crippen LogP contribution in [0.25, 0.3) is 0 Å². The predicted molar refractivity (Wildman–Crippen MR) is 114 cm³/mol. The van der Waals surface area contributed by atoms with Crippen molar-refractivity contribution in [3.8, 4) is 0 Å². The number of hydrogen-bond donors (Lipinski definition) is 0. The summed E-state index contributed by atoms with van der Waals surface area (Å²) in [5, 5.41) is 3.97. The highest BCUT2D eigenvalue weighted by molar-refractivity contribution is 5.78. The first-order chi connectivity index (χ1) is 15.0. The molecule has 4 heterocycles. The van der Waals surface area contributed by atoms with E-state index in [1.165, 1.54) is 0 Å². The Hall–Kier alpha value is -1.93. The number of methoxy groups -OCH3 is 1. The van der Waals surface area contributed by atoms with Crippen LogP contribution in [0, 0.1) is 13.8 Å². The van der Waals surface area contributed by atoms with Gasteiger partial charge in [-0.1, -0.05) is 5.16 Å². The summed E-state index contributed by atoms with van der Waals surface area (Å²) in [4.78, 5) is 29.0. The molecule has 1 unspecified atom stereocenters. The van der Waals surface area contributed by atoms with Crippen molar-refractivity contribution in [2.45, 2.75) is 89.5 Å². The summed E-state index contributed by atoms with van der Waals surface area (Å²) in [7, 11) is 1.57. The molecule has 172 valence electrons. The van der Waals surface area contributed by atoms with Gasteiger partial charge in [-0.3, -0.25) is 9.59 Å². The van der Waals surface area contributed by atoms with Crippen LogP contribution >= 0.6 is 0 Å². The molecular weight excluding hydrogens is 398 g/mol. The van der Waals surface area contributed by atoms with Gasteiger partial charge in [0.05, 0.1) is 17.9 Å². The zero-order chi connectivity index (χ0) is 22.0. The fourth-order valence-electron chi connectivity index (χ4n) is 5.61. The number of amides is 2. The maximum atomic E-state index is 12.6. The second-order valence-corrected chi connectivity index (χ2v) is 9.23. The summed E-state index contributed by atoms with van der Waals surface area (Å²) >= 11 is 0. The van der Waals surface area contributed by atoms with Gasteiger partial charge in [0.2, 0.25) is 11.8 Å². The Balaban J connectivity index is 1.20. The van der Waals surface area contributed by atoms with Gasteiger partial charge in [0.15, 0.2) is 0 Å². The van der Waals surface area contributed by atoms with E-state index in [0.29, 0.717) is 12.8 Å². The van der Waals surface area contributed by atoms with Crippen LogP contribution in [0.3, 0.4) is 0 Å². The minimum Gasteiger partial charge on any atom is -0.375 e. The molecule has 1 aromatic rings. The molecule has 0 aliphatic carbocycles. The quantitative estimate of drug-likeness (QED) is 0.656. The predicted octanol–water partition coefficient (Wildman–Crippen LogP) is 2.40. The van der Waals surface area contributed by atoms with Gasteiger partial charge < -0.3 is 23.8 Å². The Morgan fingerprint density at radius 2 is 1.71 bits per heavy atom. The molecule has 3 atom stereocenters. The summed E-state index contributed by atoms with van der Waals surface area (Å²) in [6, 6.07) is 0.579. The van der Waals surface area contributed by atoms with Gasteiger partial charge in [0.25, 0.3) is 0 Å². The smallest absolute Gasteiger partial charge is 0.249 e. The molecule has 0 saturated carbocycles. The molecule has 4 rings (SSSR count). The molecule has 0 spiro atoms. The highest BCUT2D eigenvalue weighted by Crippen LogP contribution is 2.38. The number of fused-ring (bicyclic) bond motifs is 2. The van der Waals surface area contributed by atoms with Gasteiger partial charge in [0.1, 0.15) is 12.4 Å². The van der Waals surface area contributed by atoms with E-state index in [-0.39, 0.29) is 42.7 Å². The van der Waals surface area contributed by atoms with E-state index in [4.69, 9.17) is 14.0 Å². The topological polar surface area (TPSA) is 85.1 Å². The fourth-order valence-corrected chi connectivity index (χ4v) is 5.61. The molecule has 0 N–H and O–H groups in total. The monoisotopic (exact) mass is 433 g/mol. The minimum atomic E-state index is 0.108. The number of hydrogen-bond acceptors (Lipinski definition) is 6. The number of aryl methyl sites for hydroxylation is 2. The molecule has 2 bridgehead atoms. The van der Waals surface area contributed by atoms with Crippen LogP contribution in [0.2, 0.25) is 0 Å². The second kappa shape index (κ2) is 9.69. The number of piperidine rings is 2. The van der Waals surface area contributed by atoms with Gasteiger partial charge in [-0.15, -0.1) is 0 Å². The Kier molecular flexibility index (Phi) is 6.96. The third kappa shape index (κ3) is 4.95.